The van der Waals surface area contributed by atoms with Gasteiger partial charge in [0.15, 0.2) is 0 Å². The molecule has 0 radical (unpaired) electrons. The zero-order valence-corrected chi connectivity index (χ0v) is 10.5. The highest BCUT2D eigenvalue weighted by Crippen LogP contribution is 2.11. The van der Waals surface area contributed by atoms with Crippen molar-refractivity contribution < 1.29 is 8.42 Å². The molecular weight excluding hydrogens is 212 g/mol. The Bertz CT molecular complexity index is 277. The number of hydrogen-bond donors (Lipinski definition) is 1. The van der Waals surface area contributed by atoms with Crippen LogP contribution in [0, 0.1) is 5.92 Å². The zero-order valence-electron chi connectivity index (χ0n) is 9.70. The number of nitrogens with one attached hydrogen (secondary N) is 1. The quantitative estimate of drug-likeness (QED) is 0.687. The first-order valence-corrected chi connectivity index (χ1v) is 7.35. The van der Waals surface area contributed by atoms with Crippen LogP contribution >= 0.6 is 0 Å². The Kier molecular flexibility index (Phi) is 5.02. The van der Waals surface area contributed by atoms with Crippen molar-refractivity contribution in [2.75, 3.05) is 31.9 Å². The second kappa shape index (κ2) is 5.82. The van der Waals surface area contributed by atoms with E-state index in [0.717, 1.165) is 25.9 Å². The van der Waals surface area contributed by atoms with Crippen molar-refractivity contribution in [3.05, 3.63) is 0 Å². The van der Waals surface area contributed by atoms with Gasteiger partial charge in [-0.1, -0.05) is 20.3 Å². The number of hydrogen-bond acceptors (Lipinski definition) is 3. The van der Waals surface area contributed by atoms with Crippen LogP contribution in [0.2, 0.25) is 0 Å². The summed E-state index contributed by atoms with van der Waals surface area (Å²) in [7, 11) is -2.90. The fraction of sp³-hybridized carbons (Fsp3) is 1.00. The fourth-order valence-electron chi connectivity index (χ4n) is 1.64. The molecule has 1 fully saturated rings. The van der Waals surface area contributed by atoms with Crippen molar-refractivity contribution >= 4 is 10.0 Å². The van der Waals surface area contributed by atoms with Gasteiger partial charge in [0.05, 0.1) is 5.75 Å². The van der Waals surface area contributed by atoms with Gasteiger partial charge in [-0.2, -0.15) is 0 Å². The standard InChI is InChI=1S/C10H22N2O2S/c1-3-10(2)9-11-5-7-12-6-4-8-15(12,13)14/h10-11H,3-9H2,1-2H3. The van der Waals surface area contributed by atoms with Crippen LogP contribution in [0.4, 0.5) is 0 Å². The van der Waals surface area contributed by atoms with Gasteiger partial charge in [-0.05, 0) is 18.9 Å². The van der Waals surface area contributed by atoms with Crippen molar-refractivity contribution in [2.45, 2.75) is 26.7 Å². The van der Waals surface area contributed by atoms with E-state index in [1.54, 1.807) is 4.31 Å². The van der Waals surface area contributed by atoms with Gasteiger partial charge in [-0.3, -0.25) is 0 Å². The second-order valence-electron chi connectivity index (χ2n) is 4.29. The number of sulfonamides is 1. The minimum atomic E-state index is -2.90. The van der Waals surface area contributed by atoms with E-state index in [0.29, 0.717) is 24.8 Å². The van der Waals surface area contributed by atoms with Crippen LogP contribution in [0.1, 0.15) is 26.7 Å². The first kappa shape index (κ1) is 12.9. The summed E-state index contributed by atoms with van der Waals surface area (Å²) in [5.74, 6) is 0.999. The van der Waals surface area contributed by atoms with Crippen LogP contribution in [0.15, 0.2) is 0 Å². The summed E-state index contributed by atoms with van der Waals surface area (Å²) < 4.78 is 24.5. The minimum absolute atomic E-state index is 0.332. The summed E-state index contributed by atoms with van der Waals surface area (Å²) >= 11 is 0. The van der Waals surface area contributed by atoms with E-state index in [1.807, 2.05) is 0 Å². The average Bonchev–Trinajstić information content (AvgIpc) is 2.52. The highest BCUT2D eigenvalue weighted by atomic mass is 32.2. The van der Waals surface area contributed by atoms with Crippen molar-refractivity contribution in [1.29, 1.82) is 0 Å². The number of rotatable bonds is 6. The van der Waals surface area contributed by atoms with Crippen LogP contribution in [0.5, 0.6) is 0 Å². The molecular formula is C10H22N2O2S. The van der Waals surface area contributed by atoms with Crippen LogP contribution in [-0.4, -0.2) is 44.7 Å². The molecule has 0 saturated carbocycles. The van der Waals surface area contributed by atoms with E-state index >= 15 is 0 Å². The monoisotopic (exact) mass is 234 g/mol. The molecule has 0 spiro atoms. The molecule has 0 aromatic rings. The molecule has 0 amide bonds. The zero-order chi connectivity index (χ0) is 11.3. The average molecular weight is 234 g/mol. The van der Waals surface area contributed by atoms with E-state index in [9.17, 15) is 8.42 Å². The van der Waals surface area contributed by atoms with Gasteiger partial charge in [0, 0.05) is 19.6 Å². The highest BCUT2D eigenvalue weighted by molar-refractivity contribution is 7.89. The molecule has 1 rings (SSSR count). The third kappa shape index (κ3) is 4.09. The fourth-order valence-corrected chi connectivity index (χ4v) is 3.17. The van der Waals surface area contributed by atoms with Crippen molar-refractivity contribution in [3.8, 4) is 0 Å². The van der Waals surface area contributed by atoms with Gasteiger partial charge in [0.1, 0.15) is 0 Å². The van der Waals surface area contributed by atoms with Gasteiger partial charge in [-0.25, -0.2) is 12.7 Å². The highest BCUT2D eigenvalue weighted by Gasteiger charge is 2.27. The molecule has 1 unspecified atom stereocenters. The number of nitrogens with zero attached hydrogens (tertiary/aromatic N) is 1. The summed E-state index contributed by atoms with van der Waals surface area (Å²) in [6.07, 6.45) is 1.95. The maximum atomic E-state index is 11.4. The lowest BCUT2D eigenvalue weighted by atomic mass is 10.1. The Morgan fingerprint density at radius 2 is 2.20 bits per heavy atom. The predicted octanol–water partition coefficient (Wildman–Crippen LogP) is 0.658. The van der Waals surface area contributed by atoms with Crippen molar-refractivity contribution in [2.24, 2.45) is 5.92 Å². The smallest absolute Gasteiger partial charge is 0.214 e. The van der Waals surface area contributed by atoms with E-state index in [2.05, 4.69) is 19.2 Å². The minimum Gasteiger partial charge on any atom is -0.315 e. The van der Waals surface area contributed by atoms with E-state index < -0.39 is 10.0 Å². The molecule has 0 aliphatic carbocycles. The lowest BCUT2D eigenvalue weighted by Gasteiger charge is -2.15. The largest absolute Gasteiger partial charge is 0.315 e. The Morgan fingerprint density at radius 1 is 1.47 bits per heavy atom. The SMILES string of the molecule is CCC(C)CNCCN1CCCS1(=O)=O. The van der Waals surface area contributed by atoms with E-state index in [1.165, 1.54) is 0 Å². The van der Waals surface area contributed by atoms with Crippen LogP contribution in [-0.2, 0) is 10.0 Å². The first-order chi connectivity index (χ1) is 7.06. The molecule has 1 saturated heterocycles. The lowest BCUT2D eigenvalue weighted by Crippen LogP contribution is -2.34. The maximum Gasteiger partial charge on any atom is 0.214 e. The summed E-state index contributed by atoms with van der Waals surface area (Å²) in [4.78, 5) is 0. The van der Waals surface area contributed by atoms with Gasteiger partial charge >= 0.3 is 0 Å². The molecule has 4 nitrogen and oxygen atoms in total. The Balaban J connectivity index is 2.15. The summed E-state index contributed by atoms with van der Waals surface area (Å²) in [6.45, 7) is 7.43. The van der Waals surface area contributed by atoms with E-state index in [4.69, 9.17) is 0 Å². The Labute approximate surface area is 93.1 Å². The second-order valence-corrected chi connectivity index (χ2v) is 6.37. The van der Waals surface area contributed by atoms with Crippen molar-refractivity contribution in [3.63, 3.8) is 0 Å². The Hall–Kier alpha value is -0.130. The van der Waals surface area contributed by atoms with Gasteiger partial charge in [0.25, 0.3) is 0 Å². The lowest BCUT2D eigenvalue weighted by molar-refractivity contribution is 0.419. The third-order valence-electron chi connectivity index (χ3n) is 2.93. The molecule has 0 bridgehead atoms. The summed E-state index contributed by atoms with van der Waals surface area (Å²) in [6, 6.07) is 0. The molecule has 1 heterocycles. The molecule has 1 atom stereocenters. The summed E-state index contributed by atoms with van der Waals surface area (Å²) in [5.41, 5.74) is 0. The predicted molar refractivity (Wildman–Crippen MR) is 62.3 cm³/mol. The maximum absolute atomic E-state index is 11.4. The molecule has 1 N–H and O–H groups in total. The van der Waals surface area contributed by atoms with Gasteiger partial charge in [-0.15, -0.1) is 0 Å². The molecule has 5 heteroatoms. The molecule has 90 valence electrons. The molecule has 1 aliphatic heterocycles. The third-order valence-corrected chi connectivity index (χ3v) is 4.89. The van der Waals surface area contributed by atoms with Crippen LogP contribution in [0.3, 0.4) is 0 Å². The molecule has 0 aromatic carbocycles. The van der Waals surface area contributed by atoms with Crippen LogP contribution in [0.25, 0.3) is 0 Å². The molecule has 0 aromatic heterocycles. The van der Waals surface area contributed by atoms with Crippen LogP contribution < -0.4 is 5.32 Å². The normalized spacial score (nSPS) is 23.1. The van der Waals surface area contributed by atoms with E-state index in [-0.39, 0.29) is 0 Å². The molecule has 1 aliphatic rings. The summed E-state index contributed by atoms with van der Waals surface area (Å²) in [5, 5.41) is 3.29. The topological polar surface area (TPSA) is 49.4 Å². The Morgan fingerprint density at radius 3 is 2.73 bits per heavy atom. The van der Waals surface area contributed by atoms with Gasteiger partial charge < -0.3 is 5.32 Å². The first-order valence-electron chi connectivity index (χ1n) is 5.75. The van der Waals surface area contributed by atoms with Crippen molar-refractivity contribution in [1.82, 2.24) is 9.62 Å². The van der Waals surface area contributed by atoms with Gasteiger partial charge in [0.2, 0.25) is 10.0 Å². The molecule has 15 heavy (non-hydrogen) atoms.